The number of nitrogens with zero attached hydrogens (tertiary/aromatic N) is 1. The largest absolute Gasteiger partial charge is 0.494 e. The molecule has 4 rings (SSSR count). The van der Waals surface area contributed by atoms with E-state index in [1.807, 2.05) is 0 Å². The van der Waals surface area contributed by atoms with Crippen LogP contribution in [0.15, 0.2) is 46.3 Å². The molecule has 1 aliphatic rings. The number of fused-ring (bicyclic) bond motifs is 1. The van der Waals surface area contributed by atoms with Crippen LogP contribution in [-0.2, 0) is 4.79 Å². The number of ether oxygens (including phenoxy) is 2. The number of nitrogens with one attached hydrogen (secondary N) is 3. The lowest BCUT2D eigenvalue weighted by atomic mass is 10.1. The minimum atomic E-state index is -1.03. The quantitative estimate of drug-likeness (QED) is 0.449. The van der Waals surface area contributed by atoms with E-state index in [4.69, 9.17) is 13.9 Å². The number of carbonyl (C=O) groups excluding carboxylic acids is 1. The van der Waals surface area contributed by atoms with Crippen molar-refractivity contribution in [1.29, 1.82) is 0 Å². The molecule has 0 bridgehead atoms. The van der Waals surface area contributed by atoms with E-state index in [2.05, 4.69) is 27.5 Å². The van der Waals surface area contributed by atoms with Gasteiger partial charge in [-0.2, -0.15) is 0 Å². The van der Waals surface area contributed by atoms with Crippen LogP contribution in [-0.4, -0.2) is 50.3 Å². The van der Waals surface area contributed by atoms with Gasteiger partial charge in [0.1, 0.15) is 11.6 Å². The fourth-order valence-corrected chi connectivity index (χ4v) is 3.80. The Morgan fingerprint density at radius 2 is 1.85 bits per heavy atom. The first-order valence-electron chi connectivity index (χ1n) is 10.3. The molecule has 1 aliphatic heterocycles. The van der Waals surface area contributed by atoms with Crippen LogP contribution in [0.3, 0.4) is 0 Å². The number of hydrogen-bond acceptors (Lipinski definition) is 8. The number of halogens is 2. The van der Waals surface area contributed by atoms with Crippen molar-refractivity contribution in [2.24, 2.45) is 0 Å². The van der Waals surface area contributed by atoms with Crippen LogP contribution in [0.2, 0.25) is 0 Å². The molecule has 0 spiro atoms. The molecule has 1 amide bonds. The second-order valence-corrected chi connectivity index (χ2v) is 7.57. The minimum Gasteiger partial charge on any atom is -0.494 e. The number of carbonyl (C=O) groups is 1. The molecule has 3 heterocycles. The number of benzene rings is 1. The maximum atomic E-state index is 14.9. The summed E-state index contributed by atoms with van der Waals surface area (Å²) in [6.45, 7) is 4.56. The van der Waals surface area contributed by atoms with Gasteiger partial charge in [-0.05, 0) is 18.2 Å². The SMILES string of the molecule is C=CC(=O)NC1CNCC1Nc1cc2c(=O)oc(-c3c(F)c(OC)cc(OC)c3F)cc2cn1. The molecule has 34 heavy (non-hydrogen) atoms. The number of hydrogen-bond donors (Lipinski definition) is 3. The summed E-state index contributed by atoms with van der Waals surface area (Å²) in [4.78, 5) is 28.7. The van der Waals surface area contributed by atoms with Crippen molar-refractivity contribution in [2.75, 3.05) is 32.6 Å². The van der Waals surface area contributed by atoms with E-state index in [0.29, 0.717) is 24.3 Å². The van der Waals surface area contributed by atoms with Gasteiger partial charge < -0.3 is 29.8 Å². The average Bonchev–Trinajstić information content (AvgIpc) is 3.26. The summed E-state index contributed by atoms with van der Waals surface area (Å²) >= 11 is 0. The van der Waals surface area contributed by atoms with Crippen LogP contribution < -0.4 is 31.0 Å². The second kappa shape index (κ2) is 9.48. The standard InChI is InChI=1S/C23H22F2N4O5/c1-4-19(30)29-14-10-26-9-13(14)28-18-6-12-11(8-27-18)5-15(34-23(12)31)20-21(24)16(32-2)7-17(33-3)22(20)25/h4-8,13-14,26H,1,9-10H2,2-3H3,(H,27,28)(H,29,30). The lowest BCUT2D eigenvalue weighted by Crippen LogP contribution is -2.45. The Bertz CT molecular complexity index is 1300. The highest BCUT2D eigenvalue weighted by molar-refractivity contribution is 5.87. The molecule has 1 saturated heterocycles. The number of amides is 1. The highest BCUT2D eigenvalue weighted by atomic mass is 19.1. The fraction of sp³-hybridized carbons (Fsp3) is 0.261. The third kappa shape index (κ3) is 4.29. The number of rotatable bonds is 7. The second-order valence-electron chi connectivity index (χ2n) is 7.57. The molecule has 3 N–H and O–H groups in total. The Morgan fingerprint density at radius 1 is 1.18 bits per heavy atom. The first-order valence-corrected chi connectivity index (χ1v) is 10.3. The average molecular weight is 472 g/mol. The van der Waals surface area contributed by atoms with Gasteiger partial charge in [0.2, 0.25) is 5.91 Å². The fourth-order valence-electron chi connectivity index (χ4n) is 3.80. The summed E-state index contributed by atoms with van der Waals surface area (Å²) in [7, 11) is 2.45. The third-order valence-corrected chi connectivity index (χ3v) is 5.52. The van der Waals surface area contributed by atoms with Crippen LogP contribution in [0.4, 0.5) is 14.6 Å². The van der Waals surface area contributed by atoms with Crippen LogP contribution >= 0.6 is 0 Å². The molecule has 0 aliphatic carbocycles. The molecular formula is C23H22F2N4O5. The molecule has 2 atom stereocenters. The zero-order valence-electron chi connectivity index (χ0n) is 18.4. The highest BCUT2D eigenvalue weighted by Gasteiger charge is 2.28. The molecule has 2 aromatic heterocycles. The molecule has 1 fully saturated rings. The van der Waals surface area contributed by atoms with Gasteiger partial charge in [-0.25, -0.2) is 18.6 Å². The first kappa shape index (κ1) is 23.2. The molecule has 1 aromatic carbocycles. The Labute approximate surface area is 192 Å². The summed E-state index contributed by atoms with van der Waals surface area (Å²) in [5, 5.41) is 9.64. The van der Waals surface area contributed by atoms with E-state index in [0.717, 1.165) is 6.07 Å². The summed E-state index contributed by atoms with van der Waals surface area (Å²) in [5.74, 6) is -2.85. The van der Waals surface area contributed by atoms with E-state index in [-0.39, 0.29) is 40.6 Å². The van der Waals surface area contributed by atoms with Gasteiger partial charge in [0.05, 0.1) is 37.3 Å². The van der Waals surface area contributed by atoms with Gasteiger partial charge in [-0.15, -0.1) is 0 Å². The Balaban J connectivity index is 1.69. The topological polar surface area (TPSA) is 115 Å². The number of aromatic nitrogens is 1. The number of pyridine rings is 1. The number of anilines is 1. The van der Waals surface area contributed by atoms with E-state index < -0.39 is 22.8 Å². The van der Waals surface area contributed by atoms with Gasteiger partial charge in [-0.1, -0.05) is 6.58 Å². The molecule has 3 aromatic rings. The molecule has 9 nitrogen and oxygen atoms in total. The van der Waals surface area contributed by atoms with Crippen molar-refractivity contribution in [3.8, 4) is 22.8 Å². The van der Waals surface area contributed by atoms with Crippen molar-refractivity contribution >= 4 is 22.5 Å². The van der Waals surface area contributed by atoms with Gasteiger partial charge in [-0.3, -0.25) is 4.79 Å². The summed E-state index contributed by atoms with van der Waals surface area (Å²) in [6, 6.07) is 3.46. The lowest BCUT2D eigenvalue weighted by molar-refractivity contribution is -0.117. The highest BCUT2D eigenvalue weighted by Crippen LogP contribution is 2.38. The molecule has 178 valence electrons. The van der Waals surface area contributed by atoms with Crippen LogP contribution in [0.5, 0.6) is 11.5 Å². The predicted octanol–water partition coefficient (Wildman–Crippen LogP) is 2.20. The summed E-state index contributed by atoms with van der Waals surface area (Å²) in [5.41, 5.74) is -1.39. The zero-order valence-corrected chi connectivity index (χ0v) is 18.4. The van der Waals surface area contributed by atoms with E-state index in [9.17, 15) is 18.4 Å². The Morgan fingerprint density at radius 3 is 2.50 bits per heavy atom. The zero-order chi connectivity index (χ0) is 24.4. The molecule has 0 saturated carbocycles. The lowest BCUT2D eigenvalue weighted by Gasteiger charge is -2.21. The Hall–Kier alpha value is -3.99. The summed E-state index contributed by atoms with van der Waals surface area (Å²) in [6.07, 6.45) is 2.58. The maximum Gasteiger partial charge on any atom is 0.344 e. The predicted molar refractivity (Wildman–Crippen MR) is 121 cm³/mol. The smallest absolute Gasteiger partial charge is 0.344 e. The van der Waals surface area contributed by atoms with Gasteiger partial charge in [0, 0.05) is 30.7 Å². The monoisotopic (exact) mass is 472 g/mol. The van der Waals surface area contributed by atoms with Crippen LogP contribution in [0.25, 0.3) is 22.1 Å². The molecule has 11 heteroatoms. The number of methoxy groups -OCH3 is 2. The van der Waals surface area contributed by atoms with Gasteiger partial charge >= 0.3 is 5.63 Å². The first-order chi connectivity index (χ1) is 16.4. The Kier molecular flexibility index (Phi) is 6.46. The minimum absolute atomic E-state index is 0.162. The normalized spacial score (nSPS) is 17.4. The van der Waals surface area contributed by atoms with Crippen LogP contribution in [0.1, 0.15) is 0 Å². The van der Waals surface area contributed by atoms with Crippen molar-refractivity contribution in [3.63, 3.8) is 0 Å². The molecular weight excluding hydrogens is 450 g/mol. The van der Waals surface area contributed by atoms with E-state index in [1.165, 1.54) is 38.6 Å². The van der Waals surface area contributed by atoms with E-state index >= 15 is 0 Å². The molecule has 2 unspecified atom stereocenters. The maximum absolute atomic E-state index is 14.9. The summed E-state index contributed by atoms with van der Waals surface area (Å²) < 4.78 is 44.9. The van der Waals surface area contributed by atoms with Gasteiger partial charge in [0.15, 0.2) is 23.1 Å². The third-order valence-electron chi connectivity index (χ3n) is 5.52. The van der Waals surface area contributed by atoms with Gasteiger partial charge in [0.25, 0.3) is 0 Å². The van der Waals surface area contributed by atoms with Crippen molar-refractivity contribution < 1.29 is 27.5 Å². The molecule has 0 radical (unpaired) electrons. The van der Waals surface area contributed by atoms with E-state index in [1.54, 1.807) is 0 Å². The van der Waals surface area contributed by atoms with Crippen LogP contribution in [0, 0.1) is 11.6 Å². The van der Waals surface area contributed by atoms with Crippen molar-refractivity contribution in [2.45, 2.75) is 12.1 Å². The van der Waals surface area contributed by atoms with Crippen molar-refractivity contribution in [3.05, 3.63) is 59.1 Å². The van der Waals surface area contributed by atoms with Crippen molar-refractivity contribution in [1.82, 2.24) is 15.6 Å².